The molecule has 2 aromatic rings. The van der Waals surface area contributed by atoms with Crippen LogP contribution in [0.3, 0.4) is 0 Å². The first kappa shape index (κ1) is 68.2. The SMILES string of the molecule is NC(=O)CC[C@H](NC(=O)[C@H](Cc1ccccc1)NC(=O)[C@H](Cc1ccccc1)NC(=O)[C@H](CC(N)=O)NC(=O)CNC(=O)[C@@H]1CCCN1C(=O)[C@@H](N)CCCN=C(N)N)C(=O)N[C@@H](CO)C(=O)N[C@@H](CCCN=C(N)N)C(=O)N1CCC[C@H]1C=O. The van der Waals surface area contributed by atoms with Gasteiger partial charge in [-0.25, -0.2) is 0 Å². The Bertz CT molecular complexity index is 2710. The molecule has 31 heteroatoms. The van der Waals surface area contributed by atoms with Gasteiger partial charge in [0.25, 0.3) is 0 Å². The van der Waals surface area contributed by atoms with Crippen molar-refractivity contribution >= 4 is 83.2 Å². The fourth-order valence-corrected chi connectivity index (χ4v) is 9.50. The van der Waals surface area contributed by atoms with Crippen LogP contribution >= 0.6 is 0 Å². The Labute approximate surface area is 490 Å². The van der Waals surface area contributed by atoms with Crippen molar-refractivity contribution in [2.45, 2.75) is 138 Å². The number of guanidine groups is 2. The average Bonchev–Trinajstić information content (AvgIpc) is 4.41. The number of carbonyl (C=O) groups is 12. The van der Waals surface area contributed by atoms with Gasteiger partial charge < -0.3 is 97.1 Å². The maximum absolute atomic E-state index is 14.6. The summed E-state index contributed by atoms with van der Waals surface area (Å²) in [7, 11) is 0. The molecule has 4 rings (SSSR count). The second kappa shape index (κ2) is 35.0. The van der Waals surface area contributed by atoms with Gasteiger partial charge in [-0.15, -0.1) is 0 Å². The molecule has 9 atom stereocenters. The Hall–Kier alpha value is -9.26. The van der Waals surface area contributed by atoms with Gasteiger partial charge >= 0.3 is 0 Å². The minimum absolute atomic E-state index is 0.0162. The lowest BCUT2D eigenvalue weighted by Crippen LogP contribution is -2.61. The van der Waals surface area contributed by atoms with E-state index in [-0.39, 0.29) is 76.6 Å². The van der Waals surface area contributed by atoms with Crippen LogP contribution in [0.5, 0.6) is 0 Å². The van der Waals surface area contributed by atoms with Crippen LogP contribution in [0.4, 0.5) is 0 Å². The Morgan fingerprint density at radius 3 is 1.58 bits per heavy atom. The van der Waals surface area contributed by atoms with Gasteiger partial charge in [-0.3, -0.25) is 62.7 Å². The Morgan fingerprint density at radius 2 is 1.05 bits per heavy atom. The quantitative estimate of drug-likeness (QED) is 0.0132. The molecule has 2 aliphatic rings. The molecule has 0 spiro atoms. The molecule has 464 valence electrons. The van der Waals surface area contributed by atoms with Crippen LogP contribution < -0.4 is 77.4 Å². The van der Waals surface area contributed by atoms with Crippen molar-refractivity contribution in [2.75, 3.05) is 39.3 Å². The van der Waals surface area contributed by atoms with Crippen molar-refractivity contribution in [3.63, 3.8) is 0 Å². The molecule has 31 nitrogen and oxygen atoms in total. The molecule has 2 aliphatic heterocycles. The summed E-state index contributed by atoms with van der Waals surface area (Å²) in [6.07, 6.45) is 0.928. The zero-order chi connectivity index (χ0) is 62.6. The Kier molecular flexibility index (Phi) is 28.1. The van der Waals surface area contributed by atoms with Gasteiger partial charge in [-0.2, -0.15) is 0 Å². The fraction of sp³-hybridized carbons (Fsp3) is 0.519. The first-order chi connectivity index (χ1) is 40.5. The molecule has 22 N–H and O–H groups in total. The lowest BCUT2D eigenvalue weighted by Gasteiger charge is -2.29. The third kappa shape index (κ3) is 23.1. The average molecular weight is 1190 g/mol. The van der Waals surface area contributed by atoms with Crippen molar-refractivity contribution in [2.24, 2.45) is 50.1 Å². The Morgan fingerprint density at radius 1 is 0.565 bits per heavy atom. The smallest absolute Gasteiger partial charge is 0.245 e. The van der Waals surface area contributed by atoms with Gasteiger partial charge in [0.1, 0.15) is 48.6 Å². The summed E-state index contributed by atoms with van der Waals surface area (Å²) in [5.74, 6) is -10.1. The standard InChI is InChI=1S/C54H80N18O13/c55-34(16-7-21-62-53(58)59)51(84)72-24-10-18-41(72)50(83)64-28-44(77)65-39(27-43(57)76)48(81)69-38(26-32-13-5-2-6-14-32)47(80)68-37(25-31-11-3-1-4-12-31)46(79)66-35(19-20-42(56)75)45(78)70-40(30-74)49(82)67-36(17-8-22-63-54(60)61)52(85)71-23-9-15-33(71)29-73/h1-6,11-14,29,33-41,74H,7-10,15-28,30,55H2,(H2,56,75)(H2,57,76)(H,64,83)(H,65,77)(H,66,79)(H,67,82)(H,68,80)(H,69,81)(H,70,78)(H4,58,59,62)(H4,60,61,63)/t33-,34-,35-,36-,37-,38-,39-,40-,41-/m0/s1. The van der Waals surface area contributed by atoms with E-state index in [2.05, 4.69) is 47.2 Å². The minimum atomic E-state index is -1.75. The lowest BCUT2D eigenvalue weighted by molar-refractivity contribution is -0.140. The van der Waals surface area contributed by atoms with Crippen molar-refractivity contribution < 1.29 is 62.6 Å². The summed E-state index contributed by atoms with van der Waals surface area (Å²) in [5, 5.41) is 27.8. The first-order valence-electron chi connectivity index (χ1n) is 27.8. The van der Waals surface area contributed by atoms with Crippen molar-refractivity contribution in [3.8, 4) is 0 Å². The highest BCUT2D eigenvalue weighted by atomic mass is 16.3. The number of likely N-dealkylation sites (tertiary alicyclic amines) is 2. The molecular weight excluding hydrogens is 1110 g/mol. The van der Waals surface area contributed by atoms with Crippen LogP contribution in [0.25, 0.3) is 0 Å². The summed E-state index contributed by atoms with van der Waals surface area (Å²) in [6, 6.07) is 4.42. The zero-order valence-electron chi connectivity index (χ0n) is 47.2. The highest BCUT2D eigenvalue weighted by Crippen LogP contribution is 2.20. The van der Waals surface area contributed by atoms with E-state index in [9.17, 15) is 62.6 Å². The number of nitrogens with zero attached hydrogens (tertiary/aromatic N) is 4. The number of aldehydes is 1. The predicted molar refractivity (Wildman–Crippen MR) is 308 cm³/mol. The molecule has 2 heterocycles. The number of hydrogen-bond donors (Lipinski definition) is 15. The number of aliphatic imine (C=N–C) groups is 2. The number of primary amides is 2. The normalized spacial score (nSPS) is 16.9. The molecule has 0 aromatic heterocycles. The number of rotatable bonds is 35. The van der Waals surface area contributed by atoms with Crippen molar-refractivity contribution in [1.29, 1.82) is 0 Å². The van der Waals surface area contributed by atoms with Gasteiger partial charge in [-0.1, -0.05) is 60.7 Å². The summed E-state index contributed by atoms with van der Waals surface area (Å²) in [4.78, 5) is 171. The summed E-state index contributed by atoms with van der Waals surface area (Å²) >= 11 is 0. The molecular formula is C54H80N18O13. The van der Waals surface area contributed by atoms with Crippen LogP contribution in [0.1, 0.15) is 81.8 Å². The topological polar surface area (TPSA) is 523 Å². The van der Waals surface area contributed by atoms with E-state index in [1.54, 1.807) is 60.7 Å². The molecule has 0 saturated carbocycles. The number of nitrogens with two attached hydrogens (primary N) is 7. The molecule has 85 heavy (non-hydrogen) atoms. The molecule has 0 unspecified atom stereocenters. The lowest BCUT2D eigenvalue weighted by atomic mass is 10.0. The maximum Gasteiger partial charge on any atom is 0.245 e. The van der Waals surface area contributed by atoms with Crippen molar-refractivity contribution in [3.05, 3.63) is 71.8 Å². The van der Waals surface area contributed by atoms with Gasteiger partial charge in [0.15, 0.2) is 11.9 Å². The molecule has 11 amide bonds. The largest absolute Gasteiger partial charge is 0.394 e. The van der Waals surface area contributed by atoms with Crippen LogP contribution in [0.2, 0.25) is 0 Å². The number of amides is 11. The van der Waals surface area contributed by atoms with Gasteiger partial charge in [0.2, 0.25) is 65.0 Å². The number of aliphatic hydroxyl groups is 1. The van der Waals surface area contributed by atoms with E-state index in [4.69, 9.17) is 40.1 Å². The molecule has 2 aromatic carbocycles. The van der Waals surface area contributed by atoms with Gasteiger partial charge in [0, 0.05) is 45.4 Å². The molecule has 0 aliphatic carbocycles. The summed E-state index contributed by atoms with van der Waals surface area (Å²) < 4.78 is 0. The first-order valence-corrected chi connectivity index (χ1v) is 27.8. The number of benzene rings is 2. The van der Waals surface area contributed by atoms with Crippen LogP contribution in [0, 0.1) is 0 Å². The van der Waals surface area contributed by atoms with E-state index in [1.165, 1.54) is 9.80 Å². The third-order valence-electron chi connectivity index (χ3n) is 13.9. The molecule has 2 saturated heterocycles. The predicted octanol–water partition coefficient (Wildman–Crippen LogP) is -6.75. The van der Waals surface area contributed by atoms with Crippen LogP contribution in [-0.4, -0.2) is 192 Å². The van der Waals surface area contributed by atoms with E-state index >= 15 is 0 Å². The van der Waals surface area contributed by atoms with Crippen LogP contribution in [-0.2, 0) is 70.4 Å². The van der Waals surface area contributed by atoms with E-state index in [1.807, 2.05) is 0 Å². The molecule has 0 bridgehead atoms. The highest BCUT2D eigenvalue weighted by Gasteiger charge is 2.39. The van der Waals surface area contributed by atoms with E-state index in [0.29, 0.717) is 43.1 Å². The molecule has 0 radical (unpaired) electrons. The van der Waals surface area contributed by atoms with E-state index in [0.717, 1.165) is 0 Å². The molecule has 2 fully saturated rings. The zero-order valence-corrected chi connectivity index (χ0v) is 47.2. The Balaban J connectivity index is 1.53. The summed E-state index contributed by atoms with van der Waals surface area (Å²) in [5.41, 5.74) is 39.7. The van der Waals surface area contributed by atoms with Gasteiger partial charge in [-0.05, 0) is 68.9 Å². The third-order valence-corrected chi connectivity index (χ3v) is 13.9. The van der Waals surface area contributed by atoms with E-state index < -0.39 is 152 Å². The van der Waals surface area contributed by atoms with Crippen LogP contribution in [0.15, 0.2) is 70.6 Å². The number of aliphatic hydroxyl groups excluding tert-OH is 1. The maximum atomic E-state index is 14.6. The second-order valence-electron chi connectivity index (χ2n) is 20.5. The number of nitrogens with one attached hydrogen (secondary N) is 7. The monoisotopic (exact) mass is 1190 g/mol. The van der Waals surface area contributed by atoms with Gasteiger partial charge in [0.05, 0.1) is 31.7 Å². The fourth-order valence-electron chi connectivity index (χ4n) is 9.50. The summed E-state index contributed by atoms with van der Waals surface area (Å²) in [6.45, 7) is -0.955. The highest BCUT2D eigenvalue weighted by molar-refractivity contribution is 5.99. The number of hydrogen-bond acceptors (Lipinski definition) is 16. The number of carbonyl (C=O) groups excluding carboxylic acids is 12. The minimum Gasteiger partial charge on any atom is -0.394 e. The second-order valence-corrected chi connectivity index (χ2v) is 20.5. The van der Waals surface area contributed by atoms with Crippen molar-refractivity contribution in [1.82, 2.24) is 47.0 Å².